The summed E-state index contributed by atoms with van der Waals surface area (Å²) in [7, 11) is 0. The van der Waals surface area contributed by atoms with Crippen molar-refractivity contribution >= 4 is 29.8 Å². The van der Waals surface area contributed by atoms with Crippen LogP contribution in [-0.2, 0) is 14.3 Å². The van der Waals surface area contributed by atoms with Crippen LogP contribution in [0.15, 0.2) is 46.2 Å². The number of amides is 2. The molecule has 0 spiro atoms. The van der Waals surface area contributed by atoms with Crippen LogP contribution in [0, 0.1) is 33.3 Å². The van der Waals surface area contributed by atoms with Gasteiger partial charge in [-0.05, 0) is 98.8 Å². The molecule has 10 nitrogen and oxygen atoms in total. The van der Waals surface area contributed by atoms with E-state index in [1.54, 1.807) is 25.3 Å². The van der Waals surface area contributed by atoms with Gasteiger partial charge in [0.05, 0.1) is 24.4 Å². The van der Waals surface area contributed by atoms with Gasteiger partial charge in [0.1, 0.15) is 6.04 Å². The van der Waals surface area contributed by atoms with Crippen molar-refractivity contribution in [2.75, 3.05) is 26.3 Å². The predicted octanol–water partition coefficient (Wildman–Crippen LogP) is 4.18. The van der Waals surface area contributed by atoms with Crippen molar-refractivity contribution in [3.05, 3.63) is 56.8 Å². The molecule has 1 aromatic rings. The van der Waals surface area contributed by atoms with E-state index in [9.17, 15) is 19.7 Å². The normalized spacial score (nSPS) is 30.7. The molecular formula is C31H39N5O5. The summed E-state index contributed by atoms with van der Waals surface area (Å²) in [6.07, 6.45) is 11.9. The van der Waals surface area contributed by atoms with E-state index in [-0.39, 0.29) is 27.8 Å². The molecule has 4 bridgehead atoms. The molecule has 2 amide bonds. The number of morpholine rings is 1. The number of nitrogens with zero attached hydrogens (tertiary/aromatic N) is 3. The predicted molar refractivity (Wildman–Crippen MR) is 155 cm³/mol. The number of ether oxygens (including phenoxy) is 1. The summed E-state index contributed by atoms with van der Waals surface area (Å²) in [5.41, 5.74) is 6.29. The summed E-state index contributed by atoms with van der Waals surface area (Å²) in [6, 6.07) is 5.95. The van der Waals surface area contributed by atoms with E-state index in [0.29, 0.717) is 31.0 Å². The number of nitro groups is 1. The van der Waals surface area contributed by atoms with Crippen molar-refractivity contribution in [3.8, 4) is 0 Å². The van der Waals surface area contributed by atoms with Crippen LogP contribution in [-0.4, -0.2) is 60.2 Å². The Labute approximate surface area is 240 Å². The summed E-state index contributed by atoms with van der Waals surface area (Å²) >= 11 is 0. The van der Waals surface area contributed by atoms with Gasteiger partial charge < -0.3 is 15.0 Å². The number of hydrazone groups is 1. The lowest BCUT2D eigenvalue weighted by atomic mass is 9.49. The highest BCUT2D eigenvalue weighted by atomic mass is 16.6. The third-order valence-electron chi connectivity index (χ3n) is 9.68. The number of non-ortho nitro benzene ring substituents is 1. The molecule has 1 aromatic carbocycles. The molecule has 10 heteroatoms. The topological polar surface area (TPSA) is 126 Å². The number of carbonyl (C=O) groups excluding carboxylic acids is 2. The number of benzene rings is 1. The molecule has 218 valence electrons. The number of nitrogens with one attached hydrogen (secondary N) is 2. The molecule has 7 rings (SSSR count). The molecule has 6 aliphatic rings. The zero-order chi connectivity index (χ0) is 28.6. The molecule has 5 fully saturated rings. The van der Waals surface area contributed by atoms with Crippen molar-refractivity contribution in [1.82, 2.24) is 15.6 Å². The molecule has 0 unspecified atom stereocenters. The van der Waals surface area contributed by atoms with E-state index in [4.69, 9.17) is 4.74 Å². The molecule has 41 heavy (non-hydrogen) atoms. The summed E-state index contributed by atoms with van der Waals surface area (Å²) < 4.78 is 5.55. The van der Waals surface area contributed by atoms with Gasteiger partial charge in [0.25, 0.3) is 11.6 Å². The molecule has 5 aliphatic carbocycles. The molecular weight excluding hydrogens is 522 g/mol. The number of hydrogen-bond acceptors (Lipinski definition) is 7. The van der Waals surface area contributed by atoms with Gasteiger partial charge in [0.15, 0.2) is 0 Å². The first-order valence-electron chi connectivity index (χ1n) is 14.9. The zero-order valence-corrected chi connectivity index (χ0v) is 23.6. The number of allylic oxidation sites excluding steroid dienone is 2. The van der Waals surface area contributed by atoms with Crippen molar-refractivity contribution in [2.24, 2.45) is 28.3 Å². The minimum Gasteiger partial charge on any atom is -0.378 e. The van der Waals surface area contributed by atoms with Crippen LogP contribution in [0.4, 0.5) is 5.69 Å². The van der Waals surface area contributed by atoms with Crippen LogP contribution in [0.1, 0.15) is 63.9 Å². The number of carbonyl (C=O) groups is 2. The average molecular weight is 562 g/mol. The first-order valence-corrected chi connectivity index (χ1v) is 14.9. The van der Waals surface area contributed by atoms with Crippen LogP contribution >= 0.6 is 0 Å². The summed E-state index contributed by atoms with van der Waals surface area (Å²) in [6.45, 7) is 4.43. The number of hydrogen-bond donors (Lipinski definition) is 2. The molecule has 0 aromatic heterocycles. The van der Waals surface area contributed by atoms with Crippen molar-refractivity contribution in [3.63, 3.8) is 0 Å². The van der Waals surface area contributed by atoms with Crippen LogP contribution in [0.3, 0.4) is 0 Å². The van der Waals surface area contributed by atoms with Gasteiger partial charge in [-0.2, -0.15) is 5.10 Å². The number of rotatable bonds is 8. The Hall–Kier alpha value is -3.53. The highest BCUT2D eigenvalue weighted by Gasteiger charge is 2.54. The highest BCUT2D eigenvalue weighted by Crippen LogP contribution is 2.60. The van der Waals surface area contributed by atoms with Crippen LogP contribution in [0.2, 0.25) is 0 Å². The maximum absolute atomic E-state index is 13.4. The molecule has 1 atom stereocenters. The quantitative estimate of drug-likeness (QED) is 0.279. The van der Waals surface area contributed by atoms with Crippen molar-refractivity contribution < 1.29 is 19.2 Å². The van der Waals surface area contributed by atoms with Crippen LogP contribution in [0.25, 0.3) is 6.08 Å². The van der Waals surface area contributed by atoms with E-state index in [1.165, 1.54) is 25.3 Å². The number of nitro benzene ring substituents is 1. The first kappa shape index (κ1) is 27.6. The van der Waals surface area contributed by atoms with Crippen LogP contribution in [0.5, 0.6) is 0 Å². The fourth-order valence-electron chi connectivity index (χ4n) is 8.18. The largest absolute Gasteiger partial charge is 0.378 e. The third kappa shape index (κ3) is 5.80. The lowest BCUT2D eigenvalue weighted by Crippen LogP contribution is -2.56. The molecule has 2 N–H and O–H groups in total. The van der Waals surface area contributed by atoms with E-state index in [2.05, 4.69) is 20.7 Å². The average Bonchev–Trinajstić information content (AvgIpc) is 3.34. The van der Waals surface area contributed by atoms with Gasteiger partial charge >= 0.3 is 0 Å². The first-order chi connectivity index (χ1) is 19.8. The van der Waals surface area contributed by atoms with Gasteiger partial charge in [-0.25, -0.2) is 5.43 Å². The Morgan fingerprint density at radius 2 is 1.80 bits per heavy atom. The Balaban J connectivity index is 1.13. The van der Waals surface area contributed by atoms with E-state index < -0.39 is 6.04 Å². The molecule has 4 saturated carbocycles. The van der Waals surface area contributed by atoms with Crippen molar-refractivity contribution in [1.29, 1.82) is 0 Å². The van der Waals surface area contributed by atoms with E-state index >= 15 is 0 Å². The summed E-state index contributed by atoms with van der Waals surface area (Å²) in [5, 5.41) is 18.6. The second kappa shape index (κ2) is 11.4. The highest BCUT2D eigenvalue weighted by molar-refractivity contribution is 5.91. The Morgan fingerprint density at radius 3 is 2.46 bits per heavy atom. The molecule has 1 aliphatic heterocycles. The van der Waals surface area contributed by atoms with Crippen LogP contribution < -0.4 is 10.7 Å². The Kier molecular flexibility index (Phi) is 7.68. The minimum atomic E-state index is -0.673. The lowest BCUT2D eigenvalue weighted by Gasteiger charge is -2.55. The monoisotopic (exact) mass is 561 g/mol. The molecule has 1 heterocycles. The maximum atomic E-state index is 13.4. The fraction of sp³-hybridized carbons (Fsp3) is 0.581. The minimum absolute atomic E-state index is 0.0345. The van der Waals surface area contributed by atoms with Gasteiger partial charge in [-0.1, -0.05) is 12.1 Å². The molecule has 0 radical (unpaired) electrons. The van der Waals surface area contributed by atoms with E-state index in [0.717, 1.165) is 67.6 Å². The Morgan fingerprint density at radius 1 is 1.12 bits per heavy atom. The van der Waals surface area contributed by atoms with Crippen molar-refractivity contribution in [2.45, 2.75) is 64.3 Å². The second-order valence-corrected chi connectivity index (χ2v) is 12.6. The smallest absolute Gasteiger partial charge is 0.270 e. The lowest BCUT2D eigenvalue weighted by molar-refractivity contribution is -0.384. The second-order valence-electron chi connectivity index (χ2n) is 12.6. The zero-order valence-electron chi connectivity index (χ0n) is 23.6. The fourth-order valence-corrected chi connectivity index (χ4v) is 8.18. The van der Waals surface area contributed by atoms with E-state index in [1.807, 2.05) is 12.1 Å². The van der Waals surface area contributed by atoms with Gasteiger partial charge in [-0.3, -0.25) is 19.7 Å². The van der Waals surface area contributed by atoms with Gasteiger partial charge in [0.2, 0.25) is 5.91 Å². The standard InChI is InChI=1S/C31H39N5O5/c1-20(33-30(38)31-16-22-11-23(17-31)13-24(12-22)18-31)29(37)34-32-19-26-6-5-25(28(26)35-7-9-41-10-8-35)14-21-3-2-4-27(15-21)36(39)40/h2-4,14-15,19-20,22-24H,5-13,16-18H2,1H3,(H,33,38)(H,34,37)/b25-14+,32-19-/t20-,22?,23?,24?,31?/m1/s1. The summed E-state index contributed by atoms with van der Waals surface area (Å²) in [5.74, 6) is 1.69. The Bertz CT molecular complexity index is 1280. The summed E-state index contributed by atoms with van der Waals surface area (Å²) in [4.78, 5) is 39.4. The van der Waals surface area contributed by atoms with Gasteiger partial charge in [0, 0.05) is 36.3 Å². The maximum Gasteiger partial charge on any atom is 0.270 e. The third-order valence-corrected chi connectivity index (χ3v) is 9.68. The SMILES string of the molecule is C[C@@H](NC(=O)C12CC3CC(CC(C3)C1)C2)C(=O)N/N=C\C1=C(N2CCOCC2)C(=C/c2cccc([N+](=O)[O-])c2)/CC1. The molecule has 1 saturated heterocycles. The van der Waals surface area contributed by atoms with Gasteiger partial charge in [-0.15, -0.1) is 0 Å².